The highest BCUT2D eigenvalue weighted by Crippen LogP contribution is 2.24. The molecular weight excluding hydrogens is 236 g/mol. The molecule has 0 saturated carbocycles. The molecule has 0 aliphatic carbocycles. The van der Waals surface area contributed by atoms with Gasteiger partial charge in [0.2, 0.25) is 0 Å². The molecule has 2 heteroatoms. The van der Waals surface area contributed by atoms with E-state index in [2.05, 4.69) is 0 Å². The van der Waals surface area contributed by atoms with Crippen molar-refractivity contribution < 1.29 is 9.84 Å². The highest BCUT2D eigenvalue weighted by molar-refractivity contribution is 5.40. The molecule has 0 bridgehead atoms. The first kappa shape index (κ1) is 13.2. The van der Waals surface area contributed by atoms with Gasteiger partial charge in [-0.2, -0.15) is 0 Å². The summed E-state index contributed by atoms with van der Waals surface area (Å²) in [6.07, 6.45) is 4.72. The minimum atomic E-state index is 0.281. The van der Waals surface area contributed by atoms with Crippen molar-refractivity contribution in [2.24, 2.45) is 0 Å². The van der Waals surface area contributed by atoms with E-state index >= 15 is 0 Å². The summed E-state index contributed by atoms with van der Waals surface area (Å²) in [5.41, 5.74) is 2.02. The Bertz CT molecular complexity index is 544. The topological polar surface area (TPSA) is 29.5 Å². The van der Waals surface area contributed by atoms with Crippen LogP contribution >= 0.6 is 0 Å². The van der Waals surface area contributed by atoms with Gasteiger partial charge in [-0.05, 0) is 30.5 Å². The zero-order valence-corrected chi connectivity index (χ0v) is 11.0. The molecule has 0 atom stereocenters. The van der Waals surface area contributed by atoms with E-state index in [1.54, 1.807) is 6.07 Å². The lowest BCUT2D eigenvalue weighted by Crippen LogP contribution is -1.95. The van der Waals surface area contributed by atoms with Crippen LogP contribution in [0, 0.1) is 0 Å². The van der Waals surface area contributed by atoms with E-state index in [0.717, 1.165) is 17.5 Å². The quantitative estimate of drug-likeness (QED) is 0.814. The summed E-state index contributed by atoms with van der Waals surface area (Å²) in [5, 5.41) is 9.90. The molecule has 0 aromatic heterocycles. The second-order valence-electron chi connectivity index (χ2n) is 4.34. The van der Waals surface area contributed by atoms with Gasteiger partial charge in [0.25, 0.3) is 0 Å². The van der Waals surface area contributed by atoms with Gasteiger partial charge >= 0.3 is 0 Å². The smallest absolute Gasteiger partial charge is 0.123 e. The highest BCUT2D eigenvalue weighted by Gasteiger charge is 2.02. The van der Waals surface area contributed by atoms with Gasteiger partial charge in [-0.25, -0.2) is 0 Å². The van der Waals surface area contributed by atoms with Crippen LogP contribution in [0.1, 0.15) is 18.1 Å². The number of benzene rings is 2. The first-order valence-corrected chi connectivity index (χ1v) is 6.39. The number of hydrogen-bond donors (Lipinski definition) is 1. The molecule has 19 heavy (non-hydrogen) atoms. The lowest BCUT2D eigenvalue weighted by molar-refractivity contribution is 0.304. The molecule has 0 saturated heterocycles. The van der Waals surface area contributed by atoms with E-state index in [0.29, 0.717) is 12.4 Å². The average molecular weight is 254 g/mol. The van der Waals surface area contributed by atoms with Crippen molar-refractivity contribution in [1.29, 1.82) is 0 Å². The predicted octanol–water partition coefficient (Wildman–Crippen LogP) is 4.09. The standard InChI is InChI=1S/C17H18O2/c1-2-3-9-15-10-11-16(12-17(15)18)19-13-14-7-5-4-6-8-14/h2-8,10-12,18H,9,13H2,1H3. The third kappa shape index (κ3) is 3.88. The van der Waals surface area contributed by atoms with Crippen LogP contribution in [0.25, 0.3) is 0 Å². The molecule has 0 heterocycles. The Morgan fingerprint density at radius 3 is 2.58 bits per heavy atom. The maximum Gasteiger partial charge on any atom is 0.123 e. The van der Waals surface area contributed by atoms with Crippen molar-refractivity contribution >= 4 is 0 Å². The number of hydrogen-bond acceptors (Lipinski definition) is 2. The van der Waals surface area contributed by atoms with Gasteiger partial charge in [-0.15, -0.1) is 0 Å². The molecule has 0 unspecified atom stereocenters. The fourth-order valence-corrected chi connectivity index (χ4v) is 1.79. The van der Waals surface area contributed by atoms with E-state index in [4.69, 9.17) is 4.74 Å². The number of phenolic OH excluding ortho intramolecular Hbond substituents is 1. The lowest BCUT2D eigenvalue weighted by atomic mass is 10.1. The molecule has 0 fully saturated rings. The second-order valence-corrected chi connectivity index (χ2v) is 4.34. The minimum Gasteiger partial charge on any atom is -0.508 e. The van der Waals surface area contributed by atoms with Crippen LogP contribution in [-0.2, 0) is 13.0 Å². The van der Waals surface area contributed by atoms with Crippen LogP contribution in [0.4, 0.5) is 0 Å². The fraction of sp³-hybridized carbons (Fsp3) is 0.176. The third-order valence-corrected chi connectivity index (χ3v) is 2.88. The van der Waals surface area contributed by atoms with E-state index in [1.807, 2.05) is 61.5 Å². The Balaban J connectivity index is 2.00. The monoisotopic (exact) mass is 254 g/mol. The fourth-order valence-electron chi connectivity index (χ4n) is 1.79. The maximum atomic E-state index is 9.90. The largest absolute Gasteiger partial charge is 0.508 e. The summed E-state index contributed by atoms with van der Waals surface area (Å²) in [6, 6.07) is 15.4. The van der Waals surface area contributed by atoms with E-state index < -0.39 is 0 Å². The maximum absolute atomic E-state index is 9.90. The number of phenols is 1. The van der Waals surface area contributed by atoms with E-state index in [1.165, 1.54) is 0 Å². The molecule has 0 aliphatic heterocycles. The molecular formula is C17H18O2. The Labute approximate surface area is 114 Å². The van der Waals surface area contributed by atoms with Crippen molar-refractivity contribution in [1.82, 2.24) is 0 Å². The molecule has 1 N–H and O–H groups in total. The first-order chi connectivity index (χ1) is 9.29. The summed E-state index contributed by atoms with van der Waals surface area (Å²) in [6.45, 7) is 2.48. The molecule has 2 aromatic carbocycles. The second kappa shape index (κ2) is 6.64. The van der Waals surface area contributed by atoms with Crippen LogP contribution in [0.2, 0.25) is 0 Å². The van der Waals surface area contributed by atoms with E-state index in [-0.39, 0.29) is 5.75 Å². The van der Waals surface area contributed by atoms with Crippen LogP contribution in [0.5, 0.6) is 11.5 Å². The Morgan fingerprint density at radius 2 is 1.89 bits per heavy atom. The van der Waals surface area contributed by atoms with Gasteiger partial charge in [0.1, 0.15) is 18.1 Å². The summed E-state index contributed by atoms with van der Waals surface area (Å²) < 4.78 is 5.65. The van der Waals surface area contributed by atoms with Crippen LogP contribution in [0.15, 0.2) is 60.7 Å². The van der Waals surface area contributed by atoms with Crippen molar-refractivity contribution in [2.45, 2.75) is 20.0 Å². The number of allylic oxidation sites excluding steroid dienone is 2. The molecule has 0 radical (unpaired) electrons. The van der Waals surface area contributed by atoms with Gasteiger partial charge in [-0.3, -0.25) is 0 Å². The normalized spacial score (nSPS) is 10.8. The summed E-state index contributed by atoms with van der Waals surface area (Å²) in [7, 11) is 0. The lowest BCUT2D eigenvalue weighted by Gasteiger charge is -2.08. The average Bonchev–Trinajstić information content (AvgIpc) is 2.45. The van der Waals surface area contributed by atoms with Crippen LogP contribution < -0.4 is 4.74 Å². The summed E-state index contributed by atoms with van der Waals surface area (Å²) in [4.78, 5) is 0. The molecule has 0 spiro atoms. The number of ether oxygens (including phenoxy) is 1. The molecule has 0 amide bonds. The van der Waals surface area contributed by atoms with E-state index in [9.17, 15) is 5.11 Å². The van der Waals surface area contributed by atoms with Crippen molar-refractivity contribution in [3.63, 3.8) is 0 Å². The summed E-state index contributed by atoms with van der Waals surface area (Å²) in [5.74, 6) is 0.967. The van der Waals surface area contributed by atoms with Gasteiger partial charge in [-0.1, -0.05) is 48.6 Å². The van der Waals surface area contributed by atoms with Crippen molar-refractivity contribution in [2.75, 3.05) is 0 Å². The molecule has 0 aliphatic rings. The number of rotatable bonds is 5. The Morgan fingerprint density at radius 1 is 1.11 bits per heavy atom. The van der Waals surface area contributed by atoms with Gasteiger partial charge < -0.3 is 9.84 Å². The third-order valence-electron chi connectivity index (χ3n) is 2.88. The van der Waals surface area contributed by atoms with Crippen molar-refractivity contribution in [3.8, 4) is 11.5 Å². The molecule has 2 rings (SSSR count). The first-order valence-electron chi connectivity index (χ1n) is 6.39. The van der Waals surface area contributed by atoms with Crippen LogP contribution in [0.3, 0.4) is 0 Å². The zero-order valence-electron chi connectivity index (χ0n) is 11.0. The minimum absolute atomic E-state index is 0.281. The predicted molar refractivity (Wildman–Crippen MR) is 77.4 cm³/mol. The Hall–Kier alpha value is -2.22. The van der Waals surface area contributed by atoms with Gasteiger partial charge in [0.05, 0.1) is 0 Å². The van der Waals surface area contributed by atoms with Crippen LogP contribution in [-0.4, -0.2) is 5.11 Å². The molecule has 2 aromatic rings. The number of aromatic hydroxyl groups is 1. The molecule has 2 nitrogen and oxygen atoms in total. The zero-order chi connectivity index (χ0) is 13.5. The SMILES string of the molecule is CC=CCc1ccc(OCc2ccccc2)cc1O. The molecule has 98 valence electrons. The van der Waals surface area contributed by atoms with Crippen molar-refractivity contribution in [3.05, 3.63) is 71.8 Å². The van der Waals surface area contributed by atoms with Gasteiger partial charge in [0.15, 0.2) is 0 Å². The highest BCUT2D eigenvalue weighted by atomic mass is 16.5. The summed E-state index contributed by atoms with van der Waals surface area (Å²) >= 11 is 0. The van der Waals surface area contributed by atoms with Gasteiger partial charge in [0, 0.05) is 6.07 Å². The Kier molecular flexibility index (Phi) is 4.62.